The highest BCUT2D eigenvalue weighted by Gasteiger charge is 2.30. The van der Waals surface area contributed by atoms with Gasteiger partial charge in [-0.3, -0.25) is 37.3 Å². The van der Waals surface area contributed by atoms with Crippen LogP contribution in [0.5, 0.6) is 0 Å². The Balaban J connectivity index is 5.16. The third-order valence-corrected chi connectivity index (χ3v) is 20.3. The van der Waals surface area contributed by atoms with E-state index in [4.69, 9.17) is 37.0 Å². The van der Waals surface area contributed by atoms with Crippen LogP contribution >= 0.6 is 15.6 Å². The number of unbranched alkanes of at least 4 members (excludes halogenated alkanes) is 35. The van der Waals surface area contributed by atoms with E-state index in [2.05, 4.69) is 55.4 Å². The minimum Gasteiger partial charge on any atom is -0.462 e. The van der Waals surface area contributed by atoms with Crippen LogP contribution in [0.4, 0.5) is 0 Å². The molecule has 0 saturated heterocycles. The number of phosphoric ester groups is 2. The van der Waals surface area contributed by atoms with Crippen LogP contribution in [0.15, 0.2) is 0 Å². The zero-order chi connectivity index (χ0) is 69.6. The van der Waals surface area contributed by atoms with Crippen molar-refractivity contribution in [1.29, 1.82) is 0 Å². The first-order valence-corrected chi connectivity index (χ1v) is 41.8. The molecule has 0 saturated carbocycles. The van der Waals surface area contributed by atoms with Crippen LogP contribution < -0.4 is 0 Å². The molecule has 0 aromatic rings. The summed E-state index contributed by atoms with van der Waals surface area (Å²) in [6.07, 6.45) is 48.8. The van der Waals surface area contributed by atoms with Crippen LogP contribution in [0, 0.1) is 23.7 Å². The van der Waals surface area contributed by atoms with Gasteiger partial charge < -0.3 is 33.8 Å². The summed E-state index contributed by atoms with van der Waals surface area (Å²) in [5.74, 6) is 0.938. The lowest BCUT2D eigenvalue weighted by atomic mass is 9.99. The zero-order valence-corrected chi connectivity index (χ0v) is 63.4. The van der Waals surface area contributed by atoms with Gasteiger partial charge in [0.2, 0.25) is 0 Å². The maximum atomic E-state index is 13.1. The first-order valence-electron chi connectivity index (χ1n) is 38.8. The van der Waals surface area contributed by atoms with Crippen molar-refractivity contribution in [3.63, 3.8) is 0 Å². The summed E-state index contributed by atoms with van der Waals surface area (Å²) in [5.41, 5.74) is 0. The van der Waals surface area contributed by atoms with Gasteiger partial charge >= 0.3 is 39.5 Å². The molecule has 0 fully saturated rings. The van der Waals surface area contributed by atoms with E-state index in [0.29, 0.717) is 25.7 Å². The first kappa shape index (κ1) is 92.1. The molecule has 94 heavy (non-hydrogen) atoms. The molecule has 5 unspecified atom stereocenters. The van der Waals surface area contributed by atoms with Gasteiger partial charge in [0.05, 0.1) is 26.4 Å². The molecular formula is C75H146O17P2. The molecule has 558 valence electrons. The quantitative estimate of drug-likeness (QED) is 0.0222. The molecule has 0 aliphatic heterocycles. The standard InChI is InChI=1S/C75H146O17P2/c1-9-66(6)52-44-36-28-24-20-18-16-14-12-13-15-17-19-21-25-30-41-49-57-74(79)91-70(62-86-73(78)56-48-40-33-31-37-45-53-67(7)10-2)63-89-93(81,82)87-59-69(76)60-88-94(83,84)90-64-71(92-75(80)58-50-42-34-32-38-46-54-68(8)11-3)61-85-72(77)55-47-39-29-26-22-23-27-35-43-51-65(4)5/h65-71,76H,9-64H2,1-8H3,(H,81,82)(H,83,84)/t66?,67?,68?,69-,70+,71+/m0/s1. The number of carbonyl (C=O) groups is 4. The van der Waals surface area contributed by atoms with E-state index in [1.807, 2.05) is 0 Å². The summed E-state index contributed by atoms with van der Waals surface area (Å²) in [6, 6.07) is 0. The lowest BCUT2D eigenvalue weighted by Gasteiger charge is -2.21. The predicted molar refractivity (Wildman–Crippen MR) is 381 cm³/mol. The fraction of sp³-hybridized carbons (Fsp3) is 0.947. The van der Waals surface area contributed by atoms with Crippen LogP contribution in [0.2, 0.25) is 0 Å². The highest BCUT2D eigenvalue weighted by molar-refractivity contribution is 7.47. The highest BCUT2D eigenvalue weighted by atomic mass is 31.2. The molecule has 3 N–H and O–H groups in total. The molecule has 0 heterocycles. The predicted octanol–water partition coefficient (Wildman–Crippen LogP) is 21.7. The van der Waals surface area contributed by atoms with Gasteiger partial charge in [-0.05, 0) is 49.4 Å². The Bertz CT molecular complexity index is 1860. The second kappa shape index (κ2) is 64.4. The lowest BCUT2D eigenvalue weighted by molar-refractivity contribution is -0.161. The average Bonchev–Trinajstić information content (AvgIpc) is 2.02. The maximum absolute atomic E-state index is 13.1. The Morgan fingerprint density at radius 2 is 0.511 bits per heavy atom. The smallest absolute Gasteiger partial charge is 0.462 e. The van der Waals surface area contributed by atoms with Gasteiger partial charge in [0.15, 0.2) is 12.2 Å². The molecule has 0 spiro atoms. The van der Waals surface area contributed by atoms with Crippen LogP contribution in [-0.2, 0) is 65.4 Å². The summed E-state index contributed by atoms with van der Waals surface area (Å²) in [5, 5.41) is 10.6. The summed E-state index contributed by atoms with van der Waals surface area (Å²) in [6.45, 7) is 14.1. The largest absolute Gasteiger partial charge is 0.472 e. The van der Waals surface area contributed by atoms with E-state index in [-0.39, 0.29) is 25.7 Å². The Morgan fingerprint density at radius 3 is 0.755 bits per heavy atom. The van der Waals surface area contributed by atoms with Gasteiger partial charge in [0.1, 0.15) is 19.3 Å². The second-order valence-electron chi connectivity index (χ2n) is 28.2. The van der Waals surface area contributed by atoms with Crippen LogP contribution in [0.25, 0.3) is 0 Å². The number of aliphatic hydroxyl groups is 1. The van der Waals surface area contributed by atoms with Crippen LogP contribution in [-0.4, -0.2) is 96.7 Å². The number of hydrogen-bond donors (Lipinski definition) is 3. The minimum absolute atomic E-state index is 0.102. The zero-order valence-electron chi connectivity index (χ0n) is 61.6. The number of esters is 4. The molecule has 0 aromatic carbocycles. The number of ether oxygens (including phenoxy) is 4. The van der Waals surface area contributed by atoms with E-state index >= 15 is 0 Å². The molecule has 0 aliphatic rings. The second-order valence-corrected chi connectivity index (χ2v) is 31.1. The van der Waals surface area contributed by atoms with Crippen molar-refractivity contribution < 1.29 is 80.2 Å². The van der Waals surface area contributed by atoms with E-state index in [0.717, 1.165) is 120 Å². The lowest BCUT2D eigenvalue weighted by Crippen LogP contribution is -2.30. The summed E-state index contributed by atoms with van der Waals surface area (Å²) in [4.78, 5) is 72.7. The fourth-order valence-electron chi connectivity index (χ4n) is 11.3. The first-order chi connectivity index (χ1) is 45.2. The SMILES string of the molecule is CCC(C)CCCCCCCCCCCCCCCCCCCCC(=O)O[C@H](COC(=O)CCCCCCCCC(C)CC)COP(=O)(O)OC[C@H](O)COP(=O)(O)OC[C@@H](COC(=O)CCCCCCCCCCCC(C)C)OC(=O)CCCCCCCCC(C)CC. The Kier molecular flexibility index (Phi) is 63.1. The third kappa shape index (κ3) is 64.7. The molecular weight excluding hydrogens is 1230 g/mol. The molecule has 17 nitrogen and oxygen atoms in total. The normalized spacial score (nSPS) is 15.0. The van der Waals surface area contributed by atoms with Crippen LogP contribution in [0.3, 0.4) is 0 Å². The van der Waals surface area contributed by atoms with Gasteiger partial charge in [-0.2, -0.15) is 0 Å². The van der Waals surface area contributed by atoms with Crippen molar-refractivity contribution in [2.75, 3.05) is 39.6 Å². The van der Waals surface area contributed by atoms with E-state index in [9.17, 15) is 43.2 Å². The van der Waals surface area contributed by atoms with E-state index < -0.39 is 97.5 Å². The third-order valence-electron chi connectivity index (χ3n) is 18.4. The number of carbonyl (C=O) groups excluding carboxylic acids is 4. The van der Waals surface area contributed by atoms with Crippen molar-refractivity contribution in [2.45, 2.75) is 395 Å². The molecule has 0 radical (unpaired) electrons. The number of rotatable bonds is 72. The summed E-state index contributed by atoms with van der Waals surface area (Å²) in [7, 11) is -9.91. The Morgan fingerprint density at radius 1 is 0.298 bits per heavy atom. The molecule has 8 atom stereocenters. The van der Waals surface area contributed by atoms with Crippen LogP contribution in [0.1, 0.15) is 376 Å². The average molecular weight is 1380 g/mol. The molecule has 0 aromatic heterocycles. The maximum Gasteiger partial charge on any atom is 0.472 e. The van der Waals surface area contributed by atoms with Crippen molar-refractivity contribution in [3.05, 3.63) is 0 Å². The van der Waals surface area contributed by atoms with E-state index in [1.165, 1.54) is 173 Å². The topological polar surface area (TPSA) is 237 Å². The van der Waals surface area contributed by atoms with Crippen molar-refractivity contribution in [2.24, 2.45) is 23.7 Å². The number of aliphatic hydroxyl groups excluding tert-OH is 1. The minimum atomic E-state index is -4.96. The molecule has 0 aliphatic carbocycles. The molecule has 19 heteroatoms. The van der Waals surface area contributed by atoms with Gasteiger partial charge in [-0.1, -0.05) is 325 Å². The molecule has 0 rings (SSSR count). The Hall–Kier alpha value is -1.94. The van der Waals surface area contributed by atoms with Gasteiger partial charge in [0.25, 0.3) is 0 Å². The van der Waals surface area contributed by atoms with Gasteiger partial charge in [-0.15, -0.1) is 0 Å². The molecule has 0 amide bonds. The van der Waals surface area contributed by atoms with Crippen molar-refractivity contribution in [3.8, 4) is 0 Å². The van der Waals surface area contributed by atoms with Gasteiger partial charge in [-0.25, -0.2) is 9.13 Å². The summed E-state index contributed by atoms with van der Waals surface area (Å²) < 4.78 is 68.4. The fourth-order valence-corrected chi connectivity index (χ4v) is 12.9. The van der Waals surface area contributed by atoms with Gasteiger partial charge in [0, 0.05) is 25.7 Å². The highest BCUT2D eigenvalue weighted by Crippen LogP contribution is 2.45. The molecule has 0 bridgehead atoms. The number of phosphoric acid groups is 2. The van der Waals surface area contributed by atoms with Crippen molar-refractivity contribution >= 4 is 39.5 Å². The Labute approximate surface area is 575 Å². The summed E-state index contributed by atoms with van der Waals surface area (Å²) >= 11 is 0. The van der Waals surface area contributed by atoms with E-state index in [1.54, 1.807) is 0 Å². The number of hydrogen-bond acceptors (Lipinski definition) is 15. The van der Waals surface area contributed by atoms with Crippen molar-refractivity contribution in [1.82, 2.24) is 0 Å². The monoisotopic (exact) mass is 1380 g/mol.